The van der Waals surface area contributed by atoms with Crippen LogP contribution in [0.15, 0.2) is 54.6 Å². The number of carbonyl (C=O) groups excluding carboxylic acids is 2. The van der Waals surface area contributed by atoms with Gasteiger partial charge in [-0.2, -0.15) is 0 Å². The summed E-state index contributed by atoms with van der Waals surface area (Å²) in [6, 6.07) is 14.1. The Kier molecular flexibility index (Phi) is 13.1. The average molecular weight is 612 g/mol. The average Bonchev–Trinajstić information content (AvgIpc) is 3.35. The van der Waals surface area contributed by atoms with Gasteiger partial charge in [-0.3, -0.25) is 14.7 Å². The van der Waals surface area contributed by atoms with Gasteiger partial charge in [0.15, 0.2) is 5.85 Å². The number of hydrogen-bond donors (Lipinski definition) is 5. The Morgan fingerprint density at radius 1 is 1.07 bits per heavy atom. The molecule has 11 nitrogen and oxygen atoms in total. The standard InChI is InChI=1S/C28H39ClN3O8P/c1-3-39-41(37,40-4-2)27(35)24(17-21-13-14-30-25(21)33)31-26(34)23(16-19-9-6-5-7-10-19)32-28(36)38-18-20-11-8-12-22(29)15-20/h5-12,15,21,23-24,26-27,31,34-35H,3-4,13-14,16-18H2,1-2H3,(H,30,33)(H,32,36)/t21?,23-,24-,26?,27?/m0/s1. The number of carbonyl (C=O) groups is 2. The summed E-state index contributed by atoms with van der Waals surface area (Å²) >= 11 is 6.01. The zero-order valence-corrected chi connectivity index (χ0v) is 24.9. The van der Waals surface area contributed by atoms with Crippen molar-refractivity contribution in [1.29, 1.82) is 0 Å². The van der Waals surface area contributed by atoms with Gasteiger partial charge < -0.3 is 34.6 Å². The second-order valence-electron chi connectivity index (χ2n) is 9.67. The fraction of sp³-hybridized carbons (Fsp3) is 0.500. The highest BCUT2D eigenvalue weighted by Gasteiger charge is 2.43. The van der Waals surface area contributed by atoms with E-state index in [4.69, 9.17) is 25.4 Å². The molecule has 0 aliphatic carbocycles. The van der Waals surface area contributed by atoms with Crippen LogP contribution >= 0.6 is 19.2 Å². The van der Waals surface area contributed by atoms with Gasteiger partial charge >= 0.3 is 13.7 Å². The van der Waals surface area contributed by atoms with E-state index in [1.54, 1.807) is 38.1 Å². The minimum absolute atomic E-state index is 0.0180. The molecule has 3 rings (SSSR count). The number of amides is 2. The molecular weight excluding hydrogens is 573 g/mol. The molecule has 2 amide bonds. The lowest BCUT2D eigenvalue weighted by atomic mass is 9.97. The van der Waals surface area contributed by atoms with E-state index in [1.807, 2.05) is 30.3 Å². The van der Waals surface area contributed by atoms with Crippen LogP contribution in [0.3, 0.4) is 0 Å². The number of rotatable bonds is 16. The minimum Gasteiger partial charge on any atom is -0.445 e. The summed E-state index contributed by atoms with van der Waals surface area (Å²) in [5.74, 6) is -2.39. The molecule has 5 atom stereocenters. The van der Waals surface area contributed by atoms with Crippen LogP contribution in [-0.2, 0) is 36.2 Å². The summed E-state index contributed by atoms with van der Waals surface area (Å²) in [6.45, 7) is 3.70. The van der Waals surface area contributed by atoms with Gasteiger partial charge in [0, 0.05) is 23.5 Å². The molecule has 1 fully saturated rings. The molecular formula is C28H39ClN3O8P. The van der Waals surface area contributed by atoms with Crippen molar-refractivity contribution < 1.29 is 38.2 Å². The van der Waals surface area contributed by atoms with Gasteiger partial charge in [0.05, 0.1) is 19.3 Å². The summed E-state index contributed by atoms with van der Waals surface area (Å²) in [5.41, 5.74) is 1.50. The number of aliphatic hydroxyl groups excluding tert-OH is 2. The molecule has 2 aromatic rings. The first-order chi connectivity index (χ1) is 19.6. The van der Waals surface area contributed by atoms with Gasteiger partial charge in [-0.25, -0.2) is 4.79 Å². The lowest BCUT2D eigenvalue weighted by Crippen LogP contribution is -2.56. The van der Waals surface area contributed by atoms with Gasteiger partial charge in [0.2, 0.25) is 5.91 Å². The fourth-order valence-corrected chi connectivity index (χ4v) is 6.60. The first-order valence-corrected chi connectivity index (χ1v) is 15.6. The lowest BCUT2D eigenvalue weighted by Gasteiger charge is -2.34. The second kappa shape index (κ2) is 16.2. The van der Waals surface area contributed by atoms with Crippen LogP contribution in [-0.4, -0.2) is 66.1 Å². The van der Waals surface area contributed by atoms with Crippen LogP contribution in [0.1, 0.15) is 37.8 Å². The summed E-state index contributed by atoms with van der Waals surface area (Å²) in [7, 11) is -4.04. The molecule has 2 aromatic carbocycles. The largest absolute Gasteiger partial charge is 0.445 e. The highest BCUT2D eigenvalue weighted by atomic mass is 35.5. The van der Waals surface area contributed by atoms with Crippen molar-refractivity contribution in [3.05, 3.63) is 70.7 Å². The van der Waals surface area contributed by atoms with Gasteiger partial charge in [-0.05, 0) is 56.4 Å². The Hall–Kier alpha value is -2.50. The number of hydrogen-bond acceptors (Lipinski definition) is 9. The number of nitrogens with one attached hydrogen (secondary N) is 3. The van der Waals surface area contributed by atoms with Crippen molar-refractivity contribution >= 4 is 31.2 Å². The van der Waals surface area contributed by atoms with E-state index in [-0.39, 0.29) is 38.6 Å². The molecule has 0 bridgehead atoms. The van der Waals surface area contributed by atoms with Gasteiger partial charge in [0.1, 0.15) is 12.8 Å². The van der Waals surface area contributed by atoms with Crippen LogP contribution in [0.25, 0.3) is 0 Å². The number of alkyl carbamates (subject to hydrolysis) is 1. The molecule has 1 heterocycles. The van der Waals surface area contributed by atoms with Crippen molar-refractivity contribution in [2.45, 2.75) is 63.9 Å². The van der Waals surface area contributed by atoms with Gasteiger partial charge in [-0.15, -0.1) is 0 Å². The number of halogens is 1. The van der Waals surface area contributed by atoms with E-state index >= 15 is 0 Å². The molecule has 0 spiro atoms. The number of aliphatic hydroxyl groups is 2. The zero-order chi connectivity index (χ0) is 29.8. The van der Waals surface area contributed by atoms with E-state index < -0.39 is 43.8 Å². The lowest BCUT2D eigenvalue weighted by molar-refractivity contribution is -0.123. The molecule has 1 aliphatic rings. The van der Waals surface area contributed by atoms with E-state index in [1.165, 1.54) is 0 Å². The molecule has 13 heteroatoms. The molecule has 5 N–H and O–H groups in total. The van der Waals surface area contributed by atoms with Crippen LogP contribution in [0.5, 0.6) is 0 Å². The van der Waals surface area contributed by atoms with E-state index in [0.717, 1.165) is 5.56 Å². The van der Waals surface area contributed by atoms with Crippen molar-refractivity contribution in [1.82, 2.24) is 16.0 Å². The third kappa shape index (κ3) is 10.1. The smallest absolute Gasteiger partial charge is 0.407 e. The van der Waals surface area contributed by atoms with Crippen molar-refractivity contribution in [3.8, 4) is 0 Å². The topological polar surface area (TPSA) is 155 Å². The first kappa shape index (κ1) is 33.0. The molecule has 3 unspecified atom stereocenters. The first-order valence-electron chi connectivity index (χ1n) is 13.7. The number of ether oxygens (including phenoxy) is 1. The summed E-state index contributed by atoms with van der Waals surface area (Å²) in [4.78, 5) is 25.1. The Balaban J connectivity index is 1.80. The fourth-order valence-electron chi connectivity index (χ4n) is 4.64. The Labute approximate surface area is 245 Å². The molecule has 41 heavy (non-hydrogen) atoms. The van der Waals surface area contributed by atoms with Crippen LogP contribution in [0.4, 0.5) is 4.79 Å². The summed E-state index contributed by atoms with van der Waals surface area (Å²) in [6.07, 6.45) is -1.48. The minimum atomic E-state index is -4.04. The van der Waals surface area contributed by atoms with Crippen LogP contribution < -0.4 is 16.0 Å². The molecule has 226 valence electrons. The Morgan fingerprint density at radius 3 is 2.37 bits per heavy atom. The van der Waals surface area contributed by atoms with Crippen molar-refractivity contribution in [3.63, 3.8) is 0 Å². The monoisotopic (exact) mass is 611 g/mol. The normalized spacial score (nSPS) is 18.3. The SMILES string of the molecule is CCOP(=O)(OCC)C(O)[C@H](CC1CCNC1=O)NC(O)[C@H](Cc1ccccc1)NC(=O)OCc1cccc(Cl)c1. The maximum atomic E-state index is 13.5. The third-order valence-corrected chi connectivity index (χ3v) is 9.11. The zero-order valence-electron chi connectivity index (χ0n) is 23.2. The van der Waals surface area contributed by atoms with Gasteiger partial charge in [-0.1, -0.05) is 54.1 Å². The van der Waals surface area contributed by atoms with E-state index in [2.05, 4.69) is 16.0 Å². The highest BCUT2D eigenvalue weighted by molar-refractivity contribution is 7.54. The maximum absolute atomic E-state index is 13.5. The molecule has 1 aliphatic heterocycles. The van der Waals surface area contributed by atoms with E-state index in [9.17, 15) is 24.4 Å². The quantitative estimate of drug-likeness (QED) is 0.141. The Morgan fingerprint density at radius 2 is 1.76 bits per heavy atom. The second-order valence-corrected chi connectivity index (χ2v) is 12.2. The predicted octanol–water partition coefficient (Wildman–Crippen LogP) is 3.56. The third-order valence-electron chi connectivity index (χ3n) is 6.63. The summed E-state index contributed by atoms with van der Waals surface area (Å²) < 4.78 is 29.5. The van der Waals surface area contributed by atoms with Crippen molar-refractivity contribution in [2.75, 3.05) is 19.8 Å². The molecule has 0 radical (unpaired) electrons. The van der Waals surface area contributed by atoms with Crippen LogP contribution in [0, 0.1) is 5.92 Å². The van der Waals surface area contributed by atoms with Crippen LogP contribution in [0.2, 0.25) is 5.02 Å². The van der Waals surface area contributed by atoms with Gasteiger partial charge in [0.25, 0.3) is 0 Å². The molecule has 1 saturated heterocycles. The Bertz CT molecular complexity index is 1160. The molecule has 0 aromatic heterocycles. The predicted molar refractivity (Wildman–Crippen MR) is 154 cm³/mol. The molecule has 0 saturated carbocycles. The highest BCUT2D eigenvalue weighted by Crippen LogP contribution is 2.53. The summed E-state index contributed by atoms with van der Waals surface area (Å²) in [5, 5.41) is 31.4. The van der Waals surface area contributed by atoms with E-state index in [0.29, 0.717) is 23.6 Å². The maximum Gasteiger partial charge on any atom is 0.407 e. The number of benzene rings is 2. The van der Waals surface area contributed by atoms with Crippen molar-refractivity contribution in [2.24, 2.45) is 5.92 Å².